The average molecular weight is 491 g/mol. The Hall–Kier alpha value is -2.28. The number of aliphatic hydroxyl groups excluding tert-OH is 1. The summed E-state index contributed by atoms with van der Waals surface area (Å²) >= 11 is 7.74. The number of nitrogens with zero attached hydrogens (tertiary/aromatic N) is 2. The molecular weight excluding hydrogens is 456 g/mol. The topological polar surface area (TPSA) is 64.3 Å². The molecule has 0 atom stereocenters. The van der Waals surface area contributed by atoms with Gasteiger partial charge in [-0.15, -0.1) is 0 Å². The molecule has 1 N–H and O–H groups in total. The van der Waals surface area contributed by atoms with Crippen LogP contribution in [0.5, 0.6) is 0 Å². The Morgan fingerprint density at radius 1 is 1.12 bits per heavy atom. The monoisotopic (exact) mass is 490 g/mol. The van der Waals surface area contributed by atoms with Gasteiger partial charge in [-0.2, -0.15) is 0 Å². The summed E-state index contributed by atoms with van der Waals surface area (Å²) in [5.74, 6) is 0.440. The van der Waals surface area contributed by atoms with Crippen LogP contribution in [-0.4, -0.2) is 27.7 Å². The van der Waals surface area contributed by atoms with E-state index >= 15 is 0 Å². The number of carbonyl (C=O) groups excluding carboxylic acids is 1. The van der Waals surface area contributed by atoms with Crippen LogP contribution in [0, 0.1) is 0 Å². The fourth-order valence-corrected chi connectivity index (χ4v) is 4.44. The van der Waals surface area contributed by atoms with Crippen molar-refractivity contribution in [1.29, 1.82) is 0 Å². The van der Waals surface area contributed by atoms with E-state index in [1.807, 2.05) is 68.7 Å². The molecule has 0 aliphatic heterocycles. The first kappa shape index (κ1) is 28.8. The van der Waals surface area contributed by atoms with Gasteiger partial charge < -0.3 is 14.4 Å². The lowest BCUT2D eigenvalue weighted by Crippen LogP contribution is -2.07. The van der Waals surface area contributed by atoms with E-state index in [-0.39, 0.29) is 18.5 Å². The van der Waals surface area contributed by atoms with E-state index < -0.39 is 0 Å². The van der Waals surface area contributed by atoms with Crippen LogP contribution in [0.1, 0.15) is 74.9 Å². The second kappa shape index (κ2) is 14.8. The van der Waals surface area contributed by atoms with Crippen molar-refractivity contribution in [1.82, 2.24) is 9.55 Å². The van der Waals surface area contributed by atoms with Gasteiger partial charge in [0.2, 0.25) is 0 Å². The number of halogens is 1. The summed E-state index contributed by atoms with van der Waals surface area (Å²) in [4.78, 5) is 17.4. The maximum absolute atomic E-state index is 11.7. The Morgan fingerprint density at radius 3 is 2.27 bits per heavy atom. The molecule has 0 radical (unpaired) electrons. The molecule has 5 nitrogen and oxygen atoms in total. The number of hydrogen-bond donors (Lipinski definition) is 1. The number of rotatable bonds is 7. The van der Waals surface area contributed by atoms with Crippen molar-refractivity contribution in [2.75, 3.05) is 7.11 Å². The van der Waals surface area contributed by atoms with Crippen LogP contribution in [0.25, 0.3) is 0 Å². The first-order valence-electron chi connectivity index (χ1n) is 11.2. The van der Waals surface area contributed by atoms with Gasteiger partial charge in [0, 0.05) is 16.5 Å². The lowest BCUT2D eigenvalue weighted by molar-refractivity contribution is 0.0600. The van der Waals surface area contributed by atoms with E-state index in [0.29, 0.717) is 23.0 Å². The summed E-state index contributed by atoms with van der Waals surface area (Å²) in [6, 6.07) is 14.9. The zero-order chi connectivity index (χ0) is 25.0. The molecule has 0 unspecified atom stereocenters. The number of ether oxygens (including phenoxy) is 1. The van der Waals surface area contributed by atoms with Gasteiger partial charge in [-0.05, 0) is 41.8 Å². The predicted molar refractivity (Wildman–Crippen MR) is 137 cm³/mol. The molecule has 1 aromatic heterocycles. The molecule has 33 heavy (non-hydrogen) atoms. The highest BCUT2D eigenvalue weighted by Gasteiger charge is 2.20. The maximum atomic E-state index is 11.7. The van der Waals surface area contributed by atoms with E-state index in [1.54, 1.807) is 23.9 Å². The van der Waals surface area contributed by atoms with Crippen molar-refractivity contribution >= 4 is 29.3 Å². The molecule has 0 bridgehead atoms. The van der Waals surface area contributed by atoms with Crippen molar-refractivity contribution in [3.63, 3.8) is 0 Å². The lowest BCUT2D eigenvalue weighted by Gasteiger charge is -2.13. The second-order valence-electron chi connectivity index (χ2n) is 6.87. The number of aromatic nitrogens is 2. The maximum Gasteiger partial charge on any atom is 0.337 e. The summed E-state index contributed by atoms with van der Waals surface area (Å²) in [5, 5.41) is 11.5. The normalized spacial score (nSPS) is 10.1. The molecule has 2 aromatic carbocycles. The fourth-order valence-electron chi connectivity index (χ4n) is 2.96. The van der Waals surface area contributed by atoms with Crippen LogP contribution in [0.2, 0.25) is 5.02 Å². The van der Waals surface area contributed by atoms with E-state index in [4.69, 9.17) is 16.3 Å². The molecular formula is C26H35ClN2O3S. The largest absolute Gasteiger partial charge is 0.465 e. The third-order valence-corrected chi connectivity index (χ3v) is 5.79. The number of imidazole rings is 1. The Morgan fingerprint density at radius 2 is 1.76 bits per heavy atom. The Balaban J connectivity index is 0.00000129. The average Bonchev–Trinajstić information content (AvgIpc) is 3.19. The van der Waals surface area contributed by atoms with Crippen LogP contribution in [0.4, 0.5) is 0 Å². The van der Waals surface area contributed by atoms with Crippen molar-refractivity contribution in [3.8, 4) is 0 Å². The number of benzene rings is 2. The molecule has 0 saturated carbocycles. The van der Waals surface area contributed by atoms with E-state index in [1.165, 1.54) is 7.11 Å². The summed E-state index contributed by atoms with van der Waals surface area (Å²) in [6.07, 6.45) is 0. The smallest absolute Gasteiger partial charge is 0.337 e. The Kier molecular flexibility index (Phi) is 12.9. The van der Waals surface area contributed by atoms with E-state index in [9.17, 15) is 9.90 Å². The highest BCUT2D eigenvalue weighted by molar-refractivity contribution is 7.99. The summed E-state index contributed by atoms with van der Waals surface area (Å²) in [5.41, 5.74) is 2.43. The first-order chi connectivity index (χ1) is 15.9. The minimum atomic E-state index is -0.366. The summed E-state index contributed by atoms with van der Waals surface area (Å²) in [7, 11) is 1.36. The van der Waals surface area contributed by atoms with Gasteiger partial charge in [-0.1, -0.05) is 83.1 Å². The number of carbonyl (C=O) groups is 1. The summed E-state index contributed by atoms with van der Waals surface area (Å²) in [6.45, 7) is 12.5. The summed E-state index contributed by atoms with van der Waals surface area (Å²) < 4.78 is 6.78. The highest BCUT2D eigenvalue weighted by atomic mass is 35.5. The second-order valence-corrected chi connectivity index (χ2v) is 8.36. The molecule has 0 spiro atoms. The van der Waals surface area contributed by atoms with Crippen molar-refractivity contribution < 1.29 is 14.6 Å². The molecule has 0 amide bonds. The van der Waals surface area contributed by atoms with Gasteiger partial charge in [-0.25, -0.2) is 9.78 Å². The van der Waals surface area contributed by atoms with Gasteiger partial charge in [0.15, 0.2) is 0 Å². The molecule has 0 saturated heterocycles. The van der Waals surface area contributed by atoms with Crippen molar-refractivity contribution in [2.24, 2.45) is 0 Å². The number of aliphatic hydroxyl groups is 1. The number of esters is 1. The highest BCUT2D eigenvalue weighted by Crippen LogP contribution is 2.36. The third-order valence-electron chi connectivity index (χ3n) is 4.44. The molecule has 7 heteroatoms. The van der Waals surface area contributed by atoms with Gasteiger partial charge in [0.25, 0.3) is 0 Å². The fraction of sp³-hybridized carbons (Fsp3) is 0.385. The third kappa shape index (κ3) is 7.91. The van der Waals surface area contributed by atoms with Crippen LogP contribution in [-0.2, 0) is 17.9 Å². The van der Waals surface area contributed by atoms with Crippen LogP contribution in [0.3, 0.4) is 0 Å². The Bertz CT molecular complexity index is 1000. The van der Waals surface area contributed by atoms with Gasteiger partial charge >= 0.3 is 5.97 Å². The number of methoxy groups -OCH3 is 1. The molecule has 3 aromatic rings. The number of hydrogen-bond acceptors (Lipinski definition) is 5. The standard InChI is InChI=1S/C22H23ClN2O3S.2C2H6/c1-14(2)20-21(29-18-6-4-5-17(23)11-18)25(19(13-26)24-20)12-15-7-9-16(10-8-15)22(27)28-3;2*1-2/h4-11,14,26H,12-13H2,1-3H3;2*1-2H3. The zero-order valence-corrected chi connectivity index (χ0v) is 22.1. The van der Waals surface area contributed by atoms with Gasteiger partial charge in [-0.3, -0.25) is 0 Å². The molecule has 0 aliphatic carbocycles. The molecule has 3 rings (SSSR count). The van der Waals surface area contributed by atoms with Crippen LogP contribution < -0.4 is 0 Å². The van der Waals surface area contributed by atoms with Gasteiger partial charge in [0.1, 0.15) is 17.5 Å². The molecule has 180 valence electrons. The SMILES string of the molecule is CC.CC.COC(=O)c1ccc(Cn2c(CO)nc(C(C)C)c2Sc2cccc(Cl)c2)cc1. The zero-order valence-electron chi connectivity index (χ0n) is 20.6. The lowest BCUT2D eigenvalue weighted by atomic mass is 10.1. The van der Waals surface area contributed by atoms with Crippen molar-refractivity contribution in [3.05, 3.63) is 76.2 Å². The van der Waals surface area contributed by atoms with Crippen LogP contribution >= 0.6 is 23.4 Å². The minimum Gasteiger partial charge on any atom is -0.465 e. The first-order valence-corrected chi connectivity index (χ1v) is 12.4. The molecule has 0 aliphatic rings. The van der Waals surface area contributed by atoms with E-state index in [0.717, 1.165) is 21.2 Å². The quantitative estimate of drug-likeness (QED) is 0.355. The Labute approximate surface area is 207 Å². The van der Waals surface area contributed by atoms with Crippen molar-refractivity contribution in [2.45, 2.75) is 70.5 Å². The van der Waals surface area contributed by atoms with Crippen LogP contribution in [0.15, 0.2) is 58.5 Å². The minimum absolute atomic E-state index is 0.157. The van der Waals surface area contributed by atoms with E-state index in [2.05, 4.69) is 18.8 Å². The van der Waals surface area contributed by atoms with Gasteiger partial charge in [0.05, 0.1) is 18.4 Å². The predicted octanol–water partition coefficient (Wildman–Crippen LogP) is 7.19. The molecule has 1 heterocycles. The molecule has 0 fully saturated rings.